The highest BCUT2D eigenvalue weighted by Crippen LogP contribution is 2.29. The van der Waals surface area contributed by atoms with E-state index < -0.39 is 0 Å². The maximum Gasteiger partial charge on any atom is 0.100 e. The third kappa shape index (κ3) is 3.56. The van der Waals surface area contributed by atoms with E-state index in [1.165, 1.54) is 0 Å². The Hall–Kier alpha value is -1.45. The van der Waals surface area contributed by atoms with Crippen molar-refractivity contribution in [3.8, 4) is 6.07 Å². The van der Waals surface area contributed by atoms with Gasteiger partial charge in [0.25, 0.3) is 0 Å². The average Bonchev–Trinajstić information content (AvgIpc) is 2.83. The summed E-state index contributed by atoms with van der Waals surface area (Å²) in [6, 6.07) is 2.17. The lowest BCUT2D eigenvalue weighted by atomic mass is 9.94. The van der Waals surface area contributed by atoms with Crippen molar-refractivity contribution < 1.29 is 9.84 Å². The number of nitrogens with zero attached hydrogens (tertiary/aromatic N) is 4. The van der Waals surface area contributed by atoms with Gasteiger partial charge in [-0.2, -0.15) is 5.26 Å². The Labute approximate surface area is 119 Å². The third-order valence-electron chi connectivity index (χ3n) is 3.81. The fourth-order valence-electron chi connectivity index (χ4n) is 2.72. The van der Waals surface area contributed by atoms with Crippen LogP contribution in [-0.2, 0) is 17.7 Å². The van der Waals surface area contributed by atoms with Gasteiger partial charge in [0, 0.05) is 32.3 Å². The zero-order chi connectivity index (χ0) is 14.4. The van der Waals surface area contributed by atoms with Crippen molar-refractivity contribution in [3.05, 3.63) is 11.4 Å². The molecule has 1 saturated heterocycles. The van der Waals surface area contributed by atoms with Crippen molar-refractivity contribution in [2.45, 2.75) is 45.1 Å². The van der Waals surface area contributed by atoms with Gasteiger partial charge in [-0.15, -0.1) is 5.10 Å². The molecule has 1 aromatic heterocycles. The molecule has 1 aliphatic heterocycles. The van der Waals surface area contributed by atoms with Gasteiger partial charge in [-0.3, -0.25) is 0 Å². The summed E-state index contributed by atoms with van der Waals surface area (Å²) >= 11 is 0. The first-order chi connectivity index (χ1) is 9.76. The Bertz CT molecular complexity index is 460. The molecule has 1 aliphatic rings. The Morgan fingerprint density at radius 1 is 1.50 bits per heavy atom. The van der Waals surface area contributed by atoms with Crippen LogP contribution in [0.2, 0.25) is 0 Å². The predicted molar refractivity (Wildman–Crippen MR) is 73.0 cm³/mol. The van der Waals surface area contributed by atoms with Crippen LogP contribution in [0.25, 0.3) is 0 Å². The highest BCUT2D eigenvalue weighted by molar-refractivity contribution is 5.19. The lowest BCUT2D eigenvalue weighted by molar-refractivity contribution is 0.0830. The summed E-state index contributed by atoms with van der Waals surface area (Å²) in [7, 11) is 0. The number of hydrogen-bond donors (Lipinski definition) is 1. The number of aliphatic hydroxyl groups excluding tert-OH is 1. The monoisotopic (exact) mass is 278 g/mol. The minimum absolute atomic E-state index is 0.188. The maximum atomic E-state index is 9.02. The molecule has 1 aromatic rings. The molecular formula is C14H22N4O2. The molecule has 6 nitrogen and oxygen atoms in total. The van der Waals surface area contributed by atoms with Gasteiger partial charge < -0.3 is 9.84 Å². The van der Waals surface area contributed by atoms with Crippen LogP contribution in [0.1, 0.15) is 43.5 Å². The predicted octanol–water partition coefficient (Wildman–Crippen LogP) is 1.26. The van der Waals surface area contributed by atoms with E-state index >= 15 is 0 Å². The van der Waals surface area contributed by atoms with Gasteiger partial charge in [0.2, 0.25) is 0 Å². The van der Waals surface area contributed by atoms with Gasteiger partial charge >= 0.3 is 0 Å². The Morgan fingerprint density at radius 3 is 2.90 bits per heavy atom. The molecule has 2 heterocycles. The summed E-state index contributed by atoms with van der Waals surface area (Å²) in [5.74, 6) is 0.721. The summed E-state index contributed by atoms with van der Waals surface area (Å²) < 4.78 is 7.34. The van der Waals surface area contributed by atoms with E-state index in [0.29, 0.717) is 18.3 Å². The third-order valence-corrected chi connectivity index (χ3v) is 3.81. The summed E-state index contributed by atoms with van der Waals surface area (Å²) in [5.41, 5.74) is 1.90. The Morgan fingerprint density at radius 2 is 2.25 bits per heavy atom. The van der Waals surface area contributed by atoms with Crippen molar-refractivity contribution in [1.82, 2.24) is 15.0 Å². The minimum atomic E-state index is 0.188. The van der Waals surface area contributed by atoms with Crippen LogP contribution in [0.5, 0.6) is 0 Å². The fraction of sp³-hybridized carbons (Fsp3) is 0.786. The summed E-state index contributed by atoms with van der Waals surface area (Å²) in [4.78, 5) is 0. The molecule has 0 saturated carbocycles. The molecule has 1 N–H and O–H groups in total. The van der Waals surface area contributed by atoms with Gasteiger partial charge in [0.05, 0.1) is 18.2 Å². The van der Waals surface area contributed by atoms with E-state index in [1.807, 2.05) is 4.68 Å². The first-order valence-electron chi connectivity index (χ1n) is 7.24. The zero-order valence-corrected chi connectivity index (χ0v) is 12.0. The minimum Gasteiger partial charge on any atom is -0.396 e. The normalized spacial score (nSPS) is 17.9. The first kappa shape index (κ1) is 14.9. The lowest BCUT2D eigenvalue weighted by Gasteiger charge is -2.24. The second kappa shape index (κ2) is 7.36. The van der Waals surface area contributed by atoms with Crippen LogP contribution in [0.15, 0.2) is 0 Å². The highest BCUT2D eigenvalue weighted by atomic mass is 16.5. The van der Waals surface area contributed by atoms with E-state index in [4.69, 9.17) is 15.1 Å². The molecule has 20 heavy (non-hydrogen) atoms. The van der Waals surface area contributed by atoms with Crippen molar-refractivity contribution in [2.24, 2.45) is 5.92 Å². The molecule has 0 amide bonds. The SMILES string of the molecule is CC(CCO)Cn1nnc(CC#N)c1C1CCOCC1. The molecular weight excluding hydrogens is 256 g/mol. The molecule has 0 aromatic carbocycles. The average molecular weight is 278 g/mol. The topological polar surface area (TPSA) is 84.0 Å². The number of nitriles is 1. The zero-order valence-electron chi connectivity index (χ0n) is 12.0. The van der Waals surface area contributed by atoms with Crippen LogP contribution < -0.4 is 0 Å². The summed E-state index contributed by atoms with van der Waals surface area (Å²) in [6.45, 7) is 4.54. The first-order valence-corrected chi connectivity index (χ1v) is 7.24. The molecule has 0 bridgehead atoms. The number of hydrogen-bond acceptors (Lipinski definition) is 5. The van der Waals surface area contributed by atoms with Crippen LogP contribution >= 0.6 is 0 Å². The van der Waals surface area contributed by atoms with Gasteiger partial charge in [-0.05, 0) is 25.2 Å². The van der Waals surface area contributed by atoms with E-state index in [0.717, 1.165) is 50.4 Å². The maximum absolute atomic E-state index is 9.02. The molecule has 1 unspecified atom stereocenters. The largest absolute Gasteiger partial charge is 0.396 e. The van der Waals surface area contributed by atoms with E-state index in [9.17, 15) is 0 Å². The number of rotatable bonds is 6. The lowest BCUT2D eigenvalue weighted by Crippen LogP contribution is -2.21. The van der Waals surface area contributed by atoms with Crippen molar-refractivity contribution in [1.29, 1.82) is 5.26 Å². The van der Waals surface area contributed by atoms with Crippen LogP contribution in [0.3, 0.4) is 0 Å². The fourth-order valence-corrected chi connectivity index (χ4v) is 2.72. The molecule has 0 aliphatic carbocycles. The molecule has 0 spiro atoms. The van der Waals surface area contributed by atoms with E-state index in [2.05, 4.69) is 23.3 Å². The number of aromatic nitrogens is 3. The molecule has 6 heteroatoms. The molecule has 110 valence electrons. The highest BCUT2D eigenvalue weighted by Gasteiger charge is 2.25. The summed E-state index contributed by atoms with van der Waals surface area (Å²) in [6.07, 6.45) is 2.97. The number of ether oxygens (including phenoxy) is 1. The van der Waals surface area contributed by atoms with Crippen LogP contribution in [-0.4, -0.2) is 39.9 Å². The van der Waals surface area contributed by atoms with Crippen molar-refractivity contribution in [3.63, 3.8) is 0 Å². The van der Waals surface area contributed by atoms with Crippen LogP contribution in [0, 0.1) is 17.2 Å². The van der Waals surface area contributed by atoms with E-state index in [-0.39, 0.29) is 6.61 Å². The Kier molecular flexibility index (Phi) is 5.50. The van der Waals surface area contributed by atoms with Gasteiger partial charge in [0.1, 0.15) is 5.69 Å². The summed E-state index contributed by atoms with van der Waals surface area (Å²) in [5, 5.41) is 26.4. The number of aliphatic hydroxyl groups is 1. The quantitative estimate of drug-likeness (QED) is 0.846. The second-order valence-electron chi connectivity index (χ2n) is 5.44. The second-order valence-corrected chi connectivity index (χ2v) is 5.44. The molecule has 2 rings (SSSR count). The van der Waals surface area contributed by atoms with Gasteiger partial charge in [0.15, 0.2) is 0 Å². The standard InChI is InChI=1S/C14H22N4O2/c1-11(3-7-19)10-18-14(12-4-8-20-9-5-12)13(2-6-15)16-17-18/h11-12,19H,2-5,7-10H2,1H3. The molecule has 1 fully saturated rings. The van der Waals surface area contributed by atoms with Crippen molar-refractivity contribution in [2.75, 3.05) is 19.8 Å². The Balaban J connectivity index is 2.20. The molecule has 1 atom stereocenters. The van der Waals surface area contributed by atoms with Crippen LogP contribution in [0.4, 0.5) is 0 Å². The van der Waals surface area contributed by atoms with Gasteiger partial charge in [-0.25, -0.2) is 4.68 Å². The van der Waals surface area contributed by atoms with Crippen molar-refractivity contribution >= 4 is 0 Å². The van der Waals surface area contributed by atoms with E-state index in [1.54, 1.807) is 0 Å². The smallest absolute Gasteiger partial charge is 0.100 e. The van der Waals surface area contributed by atoms with Gasteiger partial charge in [-0.1, -0.05) is 12.1 Å². The molecule has 0 radical (unpaired) electrons.